The molecule has 1 unspecified atom stereocenters. The lowest BCUT2D eigenvalue weighted by atomic mass is 10.1. The summed E-state index contributed by atoms with van der Waals surface area (Å²) >= 11 is 0. The number of hydrogen-bond donors (Lipinski definition) is 0. The largest absolute Gasteiger partial charge is 0.493 e. The van der Waals surface area contributed by atoms with E-state index in [2.05, 4.69) is 64.1 Å². The quantitative estimate of drug-likeness (QED) is 0.186. The SMILES string of the molecule is COc1cc([Si](C2=C(C)C(C)=C(C)C2C)(c2cc(OC)c(OC)c(OC)c2)c2cc(OC)c(OC)c(OC)c2)cc(OC)c1OC. The van der Waals surface area contributed by atoms with Crippen molar-refractivity contribution in [1.82, 2.24) is 0 Å². The lowest BCUT2D eigenvalue weighted by Crippen LogP contribution is -2.69. The van der Waals surface area contributed by atoms with E-state index in [1.54, 1.807) is 64.0 Å². The summed E-state index contributed by atoms with van der Waals surface area (Å²) in [4.78, 5) is 0. The summed E-state index contributed by atoms with van der Waals surface area (Å²) in [6.45, 7) is 8.86. The van der Waals surface area contributed by atoms with Gasteiger partial charge in [0.05, 0.1) is 64.0 Å². The average Bonchev–Trinajstić information content (AvgIpc) is 3.28. The zero-order valence-corrected chi connectivity index (χ0v) is 30.2. The summed E-state index contributed by atoms with van der Waals surface area (Å²) in [5, 5.41) is 4.22. The number of rotatable bonds is 13. The van der Waals surface area contributed by atoms with Gasteiger partial charge >= 0.3 is 0 Å². The Morgan fingerprint density at radius 2 is 0.674 bits per heavy atom. The zero-order chi connectivity index (χ0) is 33.9. The van der Waals surface area contributed by atoms with Crippen LogP contribution in [0.3, 0.4) is 0 Å². The highest BCUT2D eigenvalue weighted by atomic mass is 28.3. The van der Waals surface area contributed by atoms with Crippen LogP contribution in [0.5, 0.6) is 51.7 Å². The molecule has 0 radical (unpaired) electrons. The Labute approximate surface area is 273 Å². The van der Waals surface area contributed by atoms with Crippen LogP contribution >= 0.6 is 0 Å². The third-order valence-corrected chi connectivity index (χ3v) is 14.4. The molecule has 10 heteroatoms. The molecule has 0 aromatic heterocycles. The first-order valence-corrected chi connectivity index (χ1v) is 16.9. The van der Waals surface area contributed by atoms with E-state index in [4.69, 9.17) is 42.6 Å². The third-order valence-electron chi connectivity index (χ3n) is 9.34. The van der Waals surface area contributed by atoms with Gasteiger partial charge in [0.1, 0.15) is 0 Å². The summed E-state index contributed by atoms with van der Waals surface area (Å²) in [6.07, 6.45) is 0. The van der Waals surface area contributed by atoms with E-state index < -0.39 is 8.07 Å². The van der Waals surface area contributed by atoms with Gasteiger partial charge in [0.25, 0.3) is 0 Å². The predicted molar refractivity (Wildman–Crippen MR) is 183 cm³/mol. The molecule has 9 nitrogen and oxygen atoms in total. The first-order chi connectivity index (χ1) is 22.1. The van der Waals surface area contributed by atoms with Crippen molar-refractivity contribution in [2.24, 2.45) is 5.92 Å². The lowest BCUT2D eigenvalue weighted by molar-refractivity contribution is 0.324. The molecule has 0 saturated carbocycles. The van der Waals surface area contributed by atoms with Crippen LogP contribution in [0, 0.1) is 5.92 Å². The minimum Gasteiger partial charge on any atom is -0.493 e. The van der Waals surface area contributed by atoms with Crippen LogP contribution in [0.4, 0.5) is 0 Å². The predicted octanol–water partition coefficient (Wildman–Crippen LogP) is 5.08. The molecule has 0 spiro atoms. The van der Waals surface area contributed by atoms with Gasteiger partial charge in [-0.05, 0) is 84.2 Å². The molecule has 248 valence electrons. The normalized spacial score (nSPS) is 14.7. The molecule has 0 fully saturated rings. The minimum atomic E-state index is -3.40. The van der Waals surface area contributed by atoms with Crippen molar-refractivity contribution in [3.8, 4) is 51.7 Å². The highest BCUT2D eigenvalue weighted by Crippen LogP contribution is 2.46. The molecule has 3 aromatic carbocycles. The summed E-state index contributed by atoms with van der Waals surface area (Å²) < 4.78 is 53.0. The van der Waals surface area contributed by atoms with Gasteiger partial charge in [0.2, 0.25) is 17.2 Å². The topological polar surface area (TPSA) is 83.1 Å². The van der Waals surface area contributed by atoms with E-state index in [0.29, 0.717) is 51.7 Å². The van der Waals surface area contributed by atoms with Crippen LogP contribution in [0.1, 0.15) is 27.7 Å². The molecule has 0 bridgehead atoms. The van der Waals surface area contributed by atoms with Crippen molar-refractivity contribution >= 4 is 23.6 Å². The van der Waals surface area contributed by atoms with E-state index in [1.165, 1.54) is 21.9 Å². The number of methoxy groups -OCH3 is 9. The van der Waals surface area contributed by atoms with Crippen LogP contribution in [-0.2, 0) is 0 Å². The monoisotopic (exact) mass is 650 g/mol. The molecule has 0 N–H and O–H groups in total. The fourth-order valence-electron chi connectivity index (χ4n) is 6.83. The molecular formula is C36H46O9Si. The molecule has 0 amide bonds. The maximum absolute atomic E-state index is 5.95. The Morgan fingerprint density at radius 1 is 0.413 bits per heavy atom. The van der Waals surface area contributed by atoms with Gasteiger partial charge in [-0.25, -0.2) is 0 Å². The number of ether oxygens (including phenoxy) is 9. The van der Waals surface area contributed by atoms with Crippen molar-refractivity contribution in [2.75, 3.05) is 64.0 Å². The zero-order valence-electron chi connectivity index (χ0n) is 29.2. The van der Waals surface area contributed by atoms with E-state index in [1.807, 2.05) is 0 Å². The highest BCUT2D eigenvalue weighted by Gasteiger charge is 2.50. The van der Waals surface area contributed by atoms with Gasteiger partial charge in [-0.1, -0.05) is 23.3 Å². The molecule has 1 atom stereocenters. The van der Waals surface area contributed by atoms with Gasteiger partial charge in [-0.2, -0.15) is 0 Å². The van der Waals surface area contributed by atoms with E-state index in [0.717, 1.165) is 15.6 Å². The van der Waals surface area contributed by atoms with E-state index >= 15 is 0 Å². The van der Waals surface area contributed by atoms with Crippen LogP contribution in [0.2, 0.25) is 0 Å². The minimum absolute atomic E-state index is 0.0870. The average molecular weight is 651 g/mol. The fourth-order valence-corrected chi connectivity index (χ4v) is 12.5. The summed E-state index contributed by atoms with van der Waals surface area (Å²) in [6, 6.07) is 12.3. The molecule has 1 aliphatic carbocycles. The summed E-state index contributed by atoms with van der Waals surface area (Å²) in [5.41, 5.74) is 3.77. The van der Waals surface area contributed by atoms with Crippen molar-refractivity contribution in [3.05, 3.63) is 58.3 Å². The van der Waals surface area contributed by atoms with Gasteiger partial charge in [-0.3, -0.25) is 0 Å². The second-order valence-corrected chi connectivity index (χ2v) is 14.8. The van der Waals surface area contributed by atoms with Gasteiger partial charge in [0, 0.05) is 0 Å². The second-order valence-electron chi connectivity index (χ2n) is 11.1. The molecule has 0 heterocycles. The third kappa shape index (κ3) is 5.28. The first kappa shape index (κ1) is 34.4. The van der Waals surface area contributed by atoms with Gasteiger partial charge in [-0.15, -0.1) is 0 Å². The molecule has 46 heavy (non-hydrogen) atoms. The Balaban J connectivity index is 2.40. The van der Waals surface area contributed by atoms with Crippen molar-refractivity contribution in [2.45, 2.75) is 27.7 Å². The smallest absolute Gasteiger partial charge is 0.203 e. The van der Waals surface area contributed by atoms with Gasteiger partial charge in [0.15, 0.2) is 42.6 Å². The number of benzene rings is 3. The second kappa shape index (κ2) is 13.9. The Hall–Kier alpha value is -4.44. The summed E-state index contributed by atoms with van der Waals surface area (Å²) in [5.74, 6) is 4.84. The highest BCUT2D eigenvalue weighted by molar-refractivity contribution is 7.16. The Morgan fingerprint density at radius 3 is 0.848 bits per heavy atom. The van der Waals surface area contributed by atoms with Gasteiger partial charge < -0.3 is 42.6 Å². The summed E-state index contributed by atoms with van der Waals surface area (Å²) in [7, 11) is 11.2. The van der Waals surface area contributed by atoms with Crippen LogP contribution in [0.15, 0.2) is 58.3 Å². The van der Waals surface area contributed by atoms with Crippen LogP contribution < -0.4 is 58.2 Å². The number of hydrogen-bond acceptors (Lipinski definition) is 9. The maximum atomic E-state index is 5.95. The molecule has 1 aliphatic rings. The lowest BCUT2D eigenvalue weighted by Gasteiger charge is -2.39. The molecule has 3 aromatic rings. The van der Waals surface area contributed by atoms with Crippen molar-refractivity contribution < 1.29 is 42.6 Å². The number of allylic oxidation sites excluding steroid dienone is 4. The van der Waals surface area contributed by atoms with Crippen molar-refractivity contribution in [3.63, 3.8) is 0 Å². The maximum Gasteiger partial charge on any atom is 0.203 e. The van der Waals surface area contributed by atoms with Crippen LogP contribution in [0.25, 0.3) is 0 Å². The van der Waals surface area contributed by atoms with E-state index in [-0.39, 0.29) is 5.92 Å². The molecule has 4 rings (SSSR count). The Kier molecular flexibility index (Phi) is 10.4. The molecule has 0 aliphatic heterocycles. The van der Waals surface area contributed by atoms with Crippen LogP contribution in [-0.4, -0.2) is 72.1 Å². The Bertz CT molecular complexity index is 1450. The fraction of sp³-hybridized carbons (Fsp3) is 0.389. The standard InChI is InChI=1S/C36H46O9Si/c1-20-21(2)23(4)36(22(20)3)46(24-14-27(37-5)33(43-11)28(15-24)38-6,25-16-29(39-7)34(44-12)30(17-25)40-8)26-18-31(41-9)35(45-13)32(19-26)42-10/h14-19,22H,1-13H3. The van der Waals surface area contributed by atoms with Crippen molar-refractivity contribution in [1.29, 1.82) is 0 Å². The molecule has 0 saturated heterocycles. The first-order valence-electron chi connectivity index (χ1n) is 14.9. The molecular weight excluding hydrogens is 604 g/mol. The van der Waals surface area contributed by atoms with E-state index in [9.17, 15) is 0 Å².